The summed E-state index contributed by atoms with van der Waals surface area (Å²) in [6, 6.07) is 14.0. The molecule has 0 saturated heterocycles. The van der Waals surface area contributed by atoms with E-state index >= 15 is 0 Å². The summed E-state index contributed by atoms with van der Waals surface area (Å²) >= 11 is 5.57. The van der Waals surface area contributed by atoms with Crippen molar-refractivity contribution in [2.45, 2.75) is 24.9 Å². The number of hydrogen-bond acceptors (Lipinski definition) is 4. The molecule has 34 heavy (non-hydrogen) atoms. The lowest BCUT2D eigenvalue weighted by Gasteiger charge is -2.13. The Morgan fingerprint density at radius 1 is 0.971 bits per heavy atom. The third kappa shape index (κ3) is 6.42. The first kappa shape index (κ1) is 25.4. The van der Waals surface area contributed by atoms with E-state index in [-0.39, 0.29) is 16.3 Å². The molecule has 0 aromatic heterocycles. The van der Waals surface area contributed by atoms with Crippen molar-refractivity contribution < 1.29 is 31.1 Å². The number of rotatable bonds is 7. The molecule has 11 heteroatoms. The van der Waals surface area contributed by atoms with Crippen molar-refractivity contribution in [3.63, 3.8) is 0 Å². The van der Waals surface area contributed by atoms with Gasteiger partial charge in [-0.2, -0.15) is 13.2 Å². The third-order valence-electron chi connectivity index (χ3n) is 4.67. The number of aryl methyl sites for hydroxylation is 2. The molecule has 0 fully saturated rings. The van der Waals surface area contributed by atoms with E-state index in [9.17, 15) is 26.4 Å². The SMILES string of the molecule is Cc1ccc(NS(=O)(=O)c2ccc(OCC(=O)Nc3ccc(Cl)c(C(F)(F)F)c3)c(C)c2)cc1. The maximum atomic E-state index is 13.0. The number of carbonyl (C=O) groups is 1. The fraction of sp³-hybridized carbons (Fsp3) is 0.174. The van der Waals surface area contributed by atoms with Gasteiger partial charge in [0.25, 0.3) is 15.9 Å². The molecule has 0 aliphatic rings. The van der Waals surface area contributed by atoms with E-state index in [0.717, 1.165) is 17.7 Å². The van der Waals surface area contributed by atoms with Crippen LogP contribution in [-0.2, 0) is 21.0 Å². The maximum Gasteiger partial charge on any atom is 0.417 e. The van der Waals surface area contributed by atoms with E-state index in [1.165, 1.54) is 24.3 Å². The molecule has 3 aromatic rings. The van der Waals surface area contributed by atoms with Crippen LogP contribution in [0.25, 0.3) is 0 Å². The lowest BCUT2D eigenvalue weighted by molar-refractivity contribution is -0.137. The zero-order valence-electron chi connectivity index (χ0n) is 18.0. The minimum Gasteiger partial charge on any atom is -0.483 e. The summed E-state index contributed by atoms with van der Waals surface area (Å²) in [5, 5.41) is 1.83. The molecule has 0 atom stereocenters. The minimum absolute atomic E-state index is 0.00298. The first-order chi connectivity index (χ1) is 15.8. The highest BCUT2D eigenvalue weighted by molar-refractivity contribution is 7.92. The molecule has 1 amide bonds. The monoisotopic (exact) mass is 512 g/mol. The first-order valence-electron chi connectivity index (χ1n) is 9.85. The number of anilines is 2. The Hall–Kier alpha value is -3.24. The predicted octanol–water partition coefficient (Wildman–Crippen LogP) is 5.79. The standard InChI is InChI=1S/C23H20ClF3N2O4S/c1-14-3-5-16(6-4-14)29-34(31,32)18-8-10-21(15(2)11-18)33-13-22(30)28-17-7-9-20(24)19(12-17)23(25,26)27/h3-12,29H,13H2,1-2H3,(H,28,30). The van der Waals surface area contributed by atoms with Gasteiger partial charge in [0.05, 0.1) is 15.5 Å². The molecule has 0 saturated carbocycles. The van der Waals surface area contributed by atoms with Crippen LogP contribution in [0.4, 0.5) is 24.5 Å². The normalized spacial score (nSPS) is 11.7. The number of hydrogen-bond donors (Lipinski definition) is 2. The lowest BCUT2D eigenvalue weighted by Crippen LogP contribution is -2.21. The molecule has 0 bridgehead atoms. The summed E-state index contributed by atoms with van der Waals surface area (Å²) in [7, 11) is -3.84. The molecule has 2 N–H and O–H groups in total. The van der Waals surface area contributed by atoms with Gasteiger partial charge in [-0.25, -0.2) is 8.42 Å². The predicted molar refractivity (Wildman–Crippen MR) is 124 cm³/mol. The number of halogens is 4. The number of benzene rings is 3. The molecule has 0 aliphatic heterocycles. The van der Waals surface area contributed by atoms with Crippen LogP contribution < -0.4 is 14.8 Å². The second kappa shape index (κ2) is 9.94. The number of alkyl halides is 3. The van der Waals surface area contributed by atoms with E-state index in [0.29, 0.717) is 11.3 Å². The molecule has 3 aromatic carbocycles. The van der Waals surface area contributed by atoms with Crippen molar-refractivity contribution in [3.8, 4) is 5.75 Å². The molecular weight excluding hydrogens is 493 g/mol. The number of nitrogens with one attached hydrogen (secondary N) is 2. The van der Waals surface area contributed by atoms with Crippen molar-refractivity contribution in [2.75, 3.05) is 16.6 Å². The van der Waals surface area contributed by atoms with E-state index in [2.05, 4.69) is 10.0 Å². The fourth-order valence-corrected chi connectivity index (χ4v) is 4.32. The highest BCUT2D eigenvalue weighted by Crippen LogP contribution is 2.36. The Morgan fingerprint density at radius 2 is 1.62 bits per heavy atom. The van der Waals surface area contributed by atoms with Crippen LogP contribution in [0, 0.1) is 13.8 Å². The van der Waals surface area contributed by atoms with Crippen molar-refractivity contribution >= 4 is 38.9 Å². The van der Waals surface area contributed by atoms with Gasteiger partial charge in [0.2, 0.25) is 0 Å². The van der Waals surface area contributed by atoms with Gasteiger partial charge in [0.1, 0.15) is 5.75 Å². The molecule has 0 aliphatic carbocycles. The second-order valence-electron chi connectivity index (χ2n) is 7.43. The summed E-state index contributed by atoms with van der Waals surface area (Å²) in [6.45, 7) is 2.99. The van der Waals surface area contributed by atoms with Crippen LogP contribution in [0.15, 0.2) is 65.6 Å². The van der Waals surface area contributed by atoms with Crippen LogP contribution in [-0.4, -0.2) is 20.9 Å². The summed E-state index contributed by atoms with van der Waals surface area (Å²) < 4.78 is 72.1. The summed E-state index contributed by atoms with van der Waals surface area (Å²) in [5.41, 5.74) is 0.688. The smallest absolute Gasteiger partial charge is 0.417 e. The van der Waals surface area contributed by atoms with Gasteiger partial charge in [-0.15, -0.1) is 0 Å². The highest BCUT2D eigenvalue weighted by atomic mass is 35.5. The van der Waals surface area contributed by atoms with Gasteiger partial charge < -0.3 is 10.1 Å². The molecule has 3 rings (SSSR count). The van der Waals surface area contributed by atoms with Gasteiger partial charge in [0.15, 0.2) is 6.61 Å². The second-order valence-corrected chi connectivity index (χ2v) is 9.52. The quantitative estimate of drug-likeness (QED) is 0.419. The lowest BCUT2D eigenvalue weighted by atomic mass is 10.2. The summed E-state index contributed by atoms with van der Waals surface area (Å²) in [5.74, 6) is -0.455. The number of carbonyl (C=O) groups excluding carboxylic acids is 1. The fourth-order valence-electron chi connectivity index (χ4n) is 2.95. The Kier molecular flexibility index (Phi) is 7.42. The van der Waals surface area contributed by atoms with E-state index in [4.69, 9.17) is 16.3 Å². The minimum atomic E-state index is -4.66. The molecule has 180 valence electrons. The summed E-state index contributed by atoms with van der Waals surface area (Å²) in [6.07, 6.45) is -4.66. The van der Waals surface area contributed by atoms with E-state index in [1.54, 1.807) is 31.2 Å². The van der Waals surface area contributed by atoms with Crippen molar-refractivity contribution in [2.24, 2.45) is 0 Å². The third-order valence-corrected chi connectivity index (χ3v) is 6.38. The van der Waals surface area contributed by atoms with Gasteiger partial charge in [-0.3, -0.25) is 9.52 Å². The Labute approximate surface area is 199 Å². The number of sulfonamides is 1. The van der Waals surface area contributed by atoms with Gasteiger partial charge in [-0.1, -0.05) is 29.3 Å². The zero-order chi connectivity index (χ0) is 25.1. The van der Waals surface area contributed by atoms with Crippen LogP contribution in [0.5, 0.6) is 5.75 Å². The Morgan fingerprint density at radius 3 is 2.24 bits per heavy atom. The molecule has 0 heterocycles. The highest BCUT2D eigenvalue weighted by Gasteiger charge is 2.33. The maximum absolute atomic E-state index is 13.0. The summed E-state index contributed by atoms with van der Waals surface area (Å²) in [4.78, 5) is 12.1. The largest absolute Gasteiger partial charge is 0.483 e. The van der Waals surface area contributed by atoms with Gasteiger partial charge in [0, 0.05) is 11.4 Å². The zero-order valence-corrected chi connectivity index (χ0v) is 19.6. The number of amides is 1. The molecule has 6 nitrogen and oxygen atoms in total. The molecule has 0 spiro atoms. The van der Waals surface area contributed by atoms with Crippen molar-refractivity contribution in [1.29, 1.82) is 0 Å². The van der Waals surface area contributed by atoms with Crippen LogP contribution >= 0.6 is 11.6 Å². The van der Waals surface area contributed by atoms with Gasteiger partial charge in [-0.05, 0) is 67.9 Å². The van der Waals surface area contributed by atoms with E-state index < -0.39 is 39.3 Å². The Bertz CT molecular complexity index is 1310. The van der Waals surface area contributed by atoms with Crippen LogP contribution in [0.1, 0.15) is 16.7 Å². The topological polar surface area (TPSA) is 84.5 Å². The van der Waals surface area contributed by atoms with Crippen LogP contribution in [0.3, 0.4) is 0 Å². The molecule has 0 radical (unpaired) electrons. The van der Waals surface area contributed by atoms with E-state index in [1.807, 2.05) is 6.92 Å². The Balaban J connectivity index is 1.65. The number of ether oxygens (including phenoxy) is 1. The average molecular weight is 513 g/mol. The van der Waals surface area contributed by atoms with Crippen molar-refractivity contribution in [3.05, 3.63) is 82.4 Å². The first-order valence-corrected chi connectivity index (χ1v) is 11.7. The van der Waals surface area contributed by atoms with Crippen molar-refractivity contribution in [1.82, 2.24) is 0 Å². The molecule has 0 unspecified atom stereocenters. The van der Waals surface area contributed by atoms with Gasteiger partial charge >= 0.3 is 6.18 Å². The average Bonchev–Trinajstić information content (AvgIpc) is 2.75. The van der Waals surface area contributed by atoms with Crippen LogP contribution in [0.2, 0.25) is 5.02 Å². The molecular formula is C23H20ClF3N2O4S.